The van der Waals surface area contributed by atoms with Crippen molar-refractivity contribution < 1.29 is 24.2 Å². The minimum atomic E-state index is -0.905. The number of rotatable bonds is 9. The first kappa shape index (κ1) is 18.8. The Morgan fingerprint density at radius 1 is 1.17 bits per heavy atom. The topological polar surface area (TPSA) is 76.1 Å². The predicted octanol–water partition coefficient (Wildman–Crippen LogP) is 2.21. The smallest absolute Gasteiger partial charge is 0.305 e. The molecule has 0 aliphatic rings. The average Bonchev–Trinajstić information content (AvgIpc) is 2.50. The highest BCUT2D eigenvalue weighted by Gasteiger charge is 2.17. The van der Waals surface area contributed by atoms with Crippen LogP contribution in [-0.2, 0) is 16.0 Å². The Bertz CT molecular complexity index is 542. The third kappa shape index (κ3) is 6.18. The number of methoxy groups -OCH3 is 2. The molecule has 1 rings (SSSR count). The summed E-state index contributed by atoms with van der Waals surface area (Å²) < 4.78 is 10.4. The standard InChI is InChI=1S/C17H25NO5/c1-12(2)11-18(8-7-17(20)21)16(19)10-13-5-6-14(22-3)15(9-13)23-4/h5-6,9,12H,7-8,10-11H2,1-4H3,(H,20,21). The summed E-state index contributed by atoms with van der Waals surface area (Å²) >= 11 is 0. The van der Waals surface area contributed by atoms with Gasteiger partial charge in [0.2, 0.25) is 5.91 Å². The maximum absolute atomic E-state index is 12.5. The van der Waals surface area contributed by atoms with Crippen molar-refractivity contribution in [3.05, 3.63) is 23.8 Å². The zero-order valence-electron chi connectivity index (χ0n) is 14.2. The van der Waals surface area contributed by atoms with Crippen molar-refractivity contribution in [2.45, 2.75) is 26.7 Å². The largest absolute Gasteiger partial charge is 0.493 e. The molecule has 0 unspecified atom stereocenters. The number of benzene rings is 1. The molecule has 0 aliphatic carbocycles. The van der Waals surface area contributed by atoms with Crippen LogP contribution in [0.15, 0.2) is 18.2 Å². The van der Waals surface area contributed by atoms with Gasteiger partial charge in [-0.15, -0.1) is 0 Å². The second-order valence-electron chi connectivity index (χ2n) is 5.74. The molecule has 128 valence electrons. The van der Waals surface area contributed by atoms with Crippen LogP contribution < -0.4 is 9.47 Å². The summed E-state index contributed by atoms with van der Waals surface area (Å²) in [6.07, 6.45) is 0.150. The van der Waals surface area contributed by atoms with E-state index in [4.69, 9.17) is 14.6 Å². The Morgan fingerprint density at radius 3 is 2.35 bits per heavy atom. The maximum atomic E-state index is 12.5. The molecule has 0 fully saturated rings. The van der Waals surface area contributed by atoms with Crippen LogP contribution in [0.3, 0.4) is 0 Å². The number of aliphatic carboxylic acids is 1. The number of ether oxygens (including phenoxy) is 2. The van der Waals surface area contributed by atoms with E-state index in [1.807, 2.05) is 19.9 Å². The first-order valence-electron chi connectivity index (χ1n) is 7.57. The zero-order chi connectivity index (χ0) is 17.4. The average molecular weight is 323 g/mol. The van der Waals surface area contributed by atoms with Crippen molar-refractivity contribution in [1.29, 1.82) is 0 Å². The molecule has 23 heavy (non-hydrogen) atoms. The summed E-state index contributed by atoms with van der Waals surface area (Å²) in [5, 5.41) is 8.83. The molecule has 0 aliphatic heterocycles. The van der Waals surface area contributed by atoms with E-state index in [1.165, 1.54) is 0 Å². The van der Waals surface area contributed by atoms with E-state index in [-0.39, 0.29) is 31.2 Å². The molecule has 0 saturated heterocycles. The number of carboxylic acids is 1. The lowest BCUT2D eigenvalue weighted by molar-refractivity contribution is -0.138. The number of hydrogen-bond donors (Lipinski definition) is 1. The van der Waals surface area contributed by atoms with Gasteiger partial charge in [-0.3, -0.25) is 9.59 Å². The van der Waals surface area contributed by atoms with Gasteiger partial charge in [-0.1, -0.05) is 19.9 Å². The first-order valence-corrected chi connectivity index (χ1v) is 7.57. The van der Waals surface area contributed by atoms with Gasteiger partial charge in [0.05, 0.1) is 27.1 Å². The molecule has 1 N–H and O–H groups in total. The Hall–Kier alpha value is -2.24. The Balaban J connectivity index is 2.82. The first-order chi connectivity index (χ1) is 10.9. The molecule has 6 heteroatoms. The highest BCUT2D eigenvalue weighted by Crippen LogP contribution is 2.27. The molecule has 1 aromatic carbocycles. The van der Waals surface area contributed by atoms with Crippen molar-refractivity contribution in [2.75, 3.05) is 27.3 Å². The fourth-order valence-electron chi connectivity index (χ4n) is 2.27. The normalized spacial score (nSPS) is 10.5. The van der Waals surface area contributed by atoms with Crippen LogP contribution in [0.1, 0.15) is 25.8 Å². The van der Waals surface area contributed by atoms with Gasteiger partial charge in [-0.2, -0.15) is 0 Å². The quantitative estimate of drug-likeness (QED) is 0.754. The summed E-state index contributed by atoms with van der Waals surface area (Å²) in [6.45, 7) is 4.76. The third-order valence-electron chi connectivity index (χ3n) is 3.34. The Morgan fingerprint density at radius 2 is 1.83 bits per heavy atom. The molecular formula is C17H25NO5. The van der Waals surface area contributed by atoms with Gasteiger partial charge in [0.15, 0.2) is 11.5 Å². The minimum absolute atomic E-state index is 0.0512. The summed E-state index contributed by atoms with van der Waals surface area (Å²) in [4.78, 5) is 24.8. The summed E-state index contributed by atoms with van der Waals surface area (Å²) in [5.74, 6) is 0.454. The third-order valence-corrected chi connectivity index (χ3v) is 3.34. The molecule has 0 bridgehead atoms. The molecule has 1 amide bonds. The lowest BCUT2D eigenvalue weighted by Crippen LogP contribution is -2.37. The second kappa shape index (κ2) is 9.02. The second-order valence-corrected chi connectivity index (χ2v) is 5.74. The van der Waals surface area contributed by atoms with Crippen molar-refractivity contribution in [1.82, 2.24) is 4.90 Å². The molecular weight excluding hydrogens is 298 g/mol. The summed E-state index contributed by atoms with van der Waals surface area (Å²) in [5.41, 5.74) is 0.803. The highest BCUT2D eigenvalue weighted by molar-refractivity contribution is 5.79. The van der Waals surface area contributed by atoms with Crippen LogP contribution in [0.5, 0.6) is 11.5 Å². The zero-order valence-corrected chi connectivity index (χ0v) is 14.2. The summed E-state index contributed by atoms with van der Waals surface area (Å²) in [7, 11) is 3.10. The summed E-state index contributed by atoms with van der Waals surface area (Å²) in [6, 6.07) is 5.33. The fraction of sp³-hybridized carbons (Fsp3) is 0.529. The monoisotopic (exact) mass is 323 g/mol. The molecule has 0 radical (unpaired) electrons. The van der Waals surface area contributed by atoms with Crippen molar-refractivity contribution in [3.63, 3.8) is 0 Å². The van der Waals surface area contributed by atoms with Crippen LogP contribution in [0.4, 0.5) is 0 Å². The van der Waals surface area contributed by atoms with E-state index >= 15 is 0 Å². The van der Waals surface area contributed by atoms with Crippen molar-refractivity contribution in [2.24, 2.45) is 5.92 Å². The van der Waals surface area contributed by atoms with E-state index in [2.05, 4.69) is 0 Å². The van der Waals surface area contributed by atoms with Gasteiger partial charge in [-0.05, 0) is 23.6 Å². The molecule has 0 aromatic heterocycles. The van der Waals surface area contributed by atoms with E-state index in [0.717, 1.165) is 5.56 Å². The van der Waals surface area contributed by atoms with Gasteiger partial charge in [0.25, 0.3) is 0 Å². The highest BCUT2D eigenvalue weighted by atomic mass is 16.5. The number of hydrogen-bond acceptors (Lipinski definition) is 4. The molecule has 0 spiro atoms. The van der Waals surface area contributed by atoms with Gasteiger partial charge >= 0.3 is 5.97 Å². The van der Waals surface area contributed by atoms with Crippen molar-refractivity contribution >= 4 is 11.9 Å². The SMILES string of the molecule is COc1ccc(CC(=O)N(CCC(=O)O)CC(C)C)cc1OC. The molecule has 1 aromatic rings. The lowest BCUT2D eigenvalue weighted by Gasteiger charge is -2.24. The molecule has 0 heterocycles. The minimum Gasteiger partial charge on any atom is -0.493 e. The number of carbonyl (C=O) groups is 2. The number of carboxylic acid groups (broad SMARTS) is 1. The van der Waals surface area contributed by atoms with E-state index < -0.39 is 5.97 Å². The van der Waals surface area contributed by atoms with Gasteiger partial charge in [0.1, 0.15) is 0 Å². The molecule has 6 nitrogen and oxygen atoms in total. The number of amides is 1. The molecule has 0 atom stereocenters. The van der Waals surface area contributed by atoms with Crippen LogP contribution >= 0.6 is 0 Å². The van der Waals surface area contributed by atoms with E-state index in [9.17, 15) is 9.59 Å². The van der Waals surface area contributed by atoms with Crippen LogP contribution in [0.25, 0.3) is 0 Å². The van der Waals surface area contributed by atoms with E-state index in [1.54, 1.807) is 31.3 Å². The van der Waals surface area contributed by atoms with Crippen LogP contribution in [0, 0.1) is 5.92 Å². The van der Waals surface area contributed by atoms with Crippen LogP contribution in [0.2, 0.25) is 0 Å². The van der Waals surface area contributed by atoms with Crippen LogP contribution in [-0.4, -0.2) is 49.2 Å². The van der Waals surface area contributed by atoms with Crippen molar-refractivity contribution in [3.8, 4) is 11.5 Å². The Labute approximate surface area is 137 Å². The number of carbonyl (C=O) groups excluding carboxylic acids is 1. The van der Waals surface area contributed by atoms with Gasteiger partial charge < -0.3 is 19.5 Å². The number of nitrogens with zero attached hydrogens (tertiary/aromatic N) is 1. The predicted molar refractivity (Wildman–Crippen MR) is 86.9 cm³/mol. The lowest BCUT2D eigenvalue weighted by atomic mass is 10.1. The van der Waals surface area contributed by atoms with Gasteiger partial charge in [0, 0.05) is 13.1 Å². The Kier molecular flexibility index (Phi) is 7.38. The molecule has 0 saturated carbocycles. The van der Waals surface area contributed by atoms with Gasteiger partial charge in [-0.25, -0.2) is 0 Å². The maximum Gasteiger partial charge on any atom is 0.305 e. The fourth-order valence-corrected chi connectivity index (χ4v) is 2.27. The van der Waals surface area contributed by atoms with E-state index in [0.29, 0.717) is 18.0 Å².